The van der Waals surface area contributed by atoms with Gasteiger partial charge >= 0.3 is 0 Å². The van der Waals surface area contributed by atoms with Crippen molar-refractivity contribution in [3.05, 3.63) is 36.4 Å². The summed E-state index contributed by atoms with van der Waals surface area (Å²) in [4.78, 5) is 3.80. The maximum Gasteiger partial charge on any atom is 0.243 e. The number of halogens is 1. The van der Waals surface area contributed by atoms with Crippen LogP contribution >= 0.6 is 0 Å². The molecular weight excluding hydrogens is 293 g/mol. The van der Waals surface area contributed by atoms with Crippen LogP contribution in [-0.4, -0.2) is 43.4 Å². The Hall–Kier alpha value is -1.57. The first kappa shape index (κ1) is 13.1. The predicted octanol–water partition coefficient (Wildman–Crippen LogP) is 0.966. The first-order valence-corrected chi connectivity index (χ1v) is 8.27. The Balaban J connectivity index is 1.86. The van der Waals surface area contributed by atoms with Crippen LogP contribution in [-0.2, 0) is 10.0 Å². The van der Waals surface area contributed by atoms with Gasteiger partial charge in [0.1, 0.15) is 0 Å². The fourth-order valence-corrected chi connectivity index (χ4v) is 4.87. The molecule has 2 aliphatic heterocycles. The summed E-state index contributed by atoms with van der Waals surface area (Å²) >= 11 is 0. The number of rotatable bonds is 2. The minimum absolute atomic E-state index is 0.0289. The molecule has 0 aliphatic carbocycles. The molecule has 1 aromatic heterocycles. The van der Waals surface area contributed by atoms with Gasteiger partial charge in [-0.15, -0.1) is 0 Å². The highest BCUT2D eigenvalue weighted by Crippen LogP contribution is 2.32. The van der Waals surface area contributed by atoms with Crippen LogP contribution in [0.2, 0.25) is 0 Å². The number of pyridine rings is 1. The van der Waals surface area contributed by atoms with E-state index >= 15 is 0 Å². The molecule has 5 nitrogen and oxygen atoms in total. The molecule has 7 heteroatoms. The van der Waals surface area contributed by atoms with Crippen molar-refractivity contribution in [2.24, 2.45) is 5.92 Å². The summed E-state index contributed by atoms with van der Waals surface area (Å²) in [5.74, 6) is -0.228. The largest absolute Gasteiger partial charge is 0.312 e. The second-order valence-corrected chi connectivity index (χ2v) is 7.48. The summed E-state index contributed by atoms with van der Waals surface area (Å²) in [7, 11) is -3.69. The molecule has 2 saturated heterocycles. The van der Waals surface area contributed by atoms with Crippen LogP contribution in [0.4, 0.5) is 4.39 Å². The Morgan fingerprint density at radius 1 is 1.29 bits per heavy atom. The Morgan fingerprint density at radius 2 is 2.14 bits per heavy atom. The normalized spacial score (nSPS) is 25.8. The minimum Gasteiger partial charge on any atom is -0.312 e. The van der Waals surface area contributed by atoms with Gasteiger partial charge < -0.3 is 5.32 Å². The van der Waals surface area contributed by atoms with Gasteiger partial charge in [-0.2, -0.15) is 4.31 Å². The number of nitrogens with zero attached hydrogens (tertiary/aromatic N) is 2. The topological polar surface area (TPSA) is 62.3 Å². The van der Waals surface area contributed by atoms with Gasteiger partial charge in [0.2, 0.25) is 10.0 Å². The molecule has 4 rings (SSSR count). The molecule has 21 heavy (non-hydrogen) atoms. The maximum atomic E-state index is 14.1. The van der Waals surface area contributed by atoms with Gasteiger partial charge in [0, 0.05) is 48.6 Å². The highest BCUT2D eigenvalue weighted by atomic mass is 32.2. The number of aromatic nitrogens is 1. The van der Waals surface area contributed by atoms with Crippen molar-refractivity contribution in [1.82, 2.24) is 14.6 Å². The zero-order chi connectivity index (χ0) is 14.6. The Morgan fingerprint density at radius 3 is 2.81 bits per heavy atom. The number of nitrogens with one attached hydrogen (secondary N) is 1. The highest BCUT2D eigenvalue weighted by molar-refractivity contribution is 7.89. The van der Waals surface area contributed by atoms with Gasteiger partial charge in [-0.3, -0.25) is 4.98 Å². The monoisotopic (exact) mass is 307 g/mol. The molecule has 2 atom stereocenters. The van der Waals surface area contributed by atoms with E-state index in [1.807, 2.05) is 0 Å². The lowest BCUT2D eigenvalue weighted by Gasteiger charge is -2.30. The van der Waals surface area contributed by atoms with Crippen LogP contribution in [0.5, 0.6) is 0 Å². The molecule has 0 bridgehead atoms. The molecule has 2 fully saturated rings. The van der Waals surface area contributed by atoms with Crippen LogP contribution in [0, 0.1) is 11.7 Å². The van der Waals surface area contributed by atoms with Crippen LogP contribution < -0.4 is 5.32 Å². The molecule has 0 unspecified atom stereocenters. The average Bonchev–Trinajstić information content (AvgIpc) is 2.74. The second kappa shape index (κ2) is 4.46. The molecule has 1 N–H and O–H groups in total. The maximum absolute atomic E-state index is 14.1. The molecule has 0 saturated carbocycles. The van der Waals surface area contributed by atoms with E-state index in [4.69, 9.17) is 0 Å². The molecule has 1 aromatic carbocycles. The van der Waals surface area contributed by atoms with E-state index in [0.29, 0.717) is 24.4 Å². The van der Waals surface area contributed by atoms with Crippen molar-refractivity contribution in [2.45, 2.75) is 10.9 Å². The lowest BCUT2D eigenvalue weighted by Crippen LogP contribution is -2.51. The lowest BCUT2D eigenvalue weighted by molar-refractivity contribution is 0.297. The third-order valence-corrected chi connectivity index (χ3v) is 6.24. The first-order chi connectivity index (χ1) is 10.1. The van der Waals surface area contributed by atoms with Crippen molar-refractivity contribution < 1.29 is 12.8 Å². The number of benzene rings is 1. The fraction of sp³-hybridized carbons (Fsp3) is 0.357. The Bertz CT molecular complexity index is 807. The van der Waals surface area contributed by atoms with Gasteiger partial charge in [0.15, 0.2) is 5.82 Å². The smallest absolute Gasteiger partial charge is 0.243 e. The molecule has 2 aliphatic rings. The number of hydrogen-bond acceptors (Lipinski definition) is 4. The zero-order valence-electron chi connectivity index (χ0n) is 11.2. The highest BCUT2D eigenvalue weighted by Gasteiger charge is 2.44. The molecule has 0 radical (unpaired) electrons. The second-order valence-electron chi connectivity index (χ2n) is 5.57. The molecule has 2 aromatic rings. The summed E-state index contributed by atoms with van der Waals surface area (Å²) in [5, 5.41) is 3.84. The summed E-state index contributed by atoms with van der Waals surface area (Å²) in [5.41, 5.74) is 0. The number of fused-ring (bicyclic) bond motifs is 2. The van der Waals surface area contributed by atoms with Gasteiger partial charge in [-0.05, 0) is 6.07 Å². The van der Waals surface area contributed by atoms with E-state index in [1.165, 1.54) is 16.6 Å². The van der Waals surface area contributed by atoms with E-state index in [1.54, 1.807) is 12.1 Å². The summed E-state index contributed by atoms with van der Waals surface area (Å²) in [6.07, 6.45) is 2.53. The third-order valence-electron chi connectivity index (χ3n) is 4.37. The SMILES string of the molecule is O=S(=O)(c1cccc2cncc(F)c12)N1C[C@H]2CN[C@H]2C1. The fourth-order valence-electron chi connectivity index (χ4n) is 3.12. The standard InChI is InChI=1S/C14H14FN3O2S/c15-11-6-16-4-9-2-1-3-13(14(9)11)21(19,20)18-7-10-5-17-12(10)8-18/h1-4,6,10,12,17H,5,7-8H2/t10-,12+/m1/s1. The van der Waals surface area contributed by atoms with Crippen molar-refractivity contribution in [3.8, 4) is 0 Å². The predicted molar refractivity (Wildman–Crippen MR) is 75.7 cm³/mol. The van der Waals surface area contributed by atoms with Crippen molar-refractivity contribution in [3.63, 3.8) is 0 Å². The first-order valence-electron chi connectivity index (χ1n) is 6.83. The van der Waals surface area contributed by atoms with Crippen LogP contribution in [0.1, 0.15) is 0 Å². The lowest BCUT2D eigenvalue weighted by atomic mass is 9.96. The van der Waals surface area contributed by atoms with Gasteiger partial charge in [0.05, 0.1) is 11.1 Å². The summed E-state index contributed by atoms with van der Waals surface area (Å²) in [6.45, 7) is 1.81. The van der Waals surface area contributed by atoms with Crippen molar-refractivity contribution in [1.29, 1.82) is 0 Å². The van der Waals surface area contributed by atoms with Crippen LogP contribution in [0.25, 0.3) is 10.8 Å². The molecule has 3 heterocycles. The number of hydrogen-bond donors (Lipinski definition) is 1. The van der Waals surface area contributed by atoms with Crippen molar-refractivity contribution >= 4 is 20.8 Å². The van der Waals surface area contributed by atoms with E-state index in [-0.39, 0.29) is 16.3 Å². The van der Waals surface area contributed by atoms with Gasteiger partial charge in [0.25, 0.3) is 0 Å². The minimum atomic E-state index is -3.69. The van der Waals surface area contributed by atoms with E-state index in [2.05, 4.69) is 10.3 Å². The van der Waals surface area contributed by atoms with Gasteiger partial charge in [-0.25, -0.2) is 12.8 Å². The molecule has 0 spiro atoms. The Kier molecular flexibility index (Phi) is 2.79. The van der Waals surface area contributed by atoms with Crippen LogP contribution in [0.3, 0.4) is 0 Å². The summed E-state index contributed by atoms with van der Waals surface area (Å²) in [6, 6.07) is 4.99. The Labute approximate surface area is 121 Å². The van der Waals surface area contributed by atoms with Gasteiger partial charge in [-0.1, -0.05) is 12.1 Å². The third kappa shape index (κ3) is 1.88. The van der Waals surface area contributed by atoms with E-state index < -0.39 is 15.8 Å². The summed E-state index contributed by atoms with van der Waals surface area (Å²) < 4.78 is 41.2. The van der Waals surface area contributed by atoms with E-state index in [0.717, 1.165) is 12.7 Å². The molecule has 110 valence electrons. The molecular formula is C14H14FN3O2S. The van der Waals surface area contributed by atoms with Crippen LogP contribution in [0.15, 0.2) is 35.5 Å². The average molecular weight is 307 g/mol. The molecule has 0 amide bonds. The zero-order valence-corrected chi connectivity index (χ0v) is 12.0. The van der Waals surface area contributed by atoms with E-state index in [9.17, 15) is 12.8 Å². The van der Waals surface area contributed by atoms with Crippen molar-refractivity contribution in [2.75, 3.05) is 19.6 Å². The number of sulfonamides is 1. The quantitative estimate of drug-likeness (QED) is 0.898.